The molecule has 0 spiro atoms. The molecule has 184 valence electrons. The third-order valence-electron chi connectivity index (χ3n) is 3.92. The first-order chi connectivity index (χ1) is 15.3. The fraction of sp³-hybridized carbons (Fsp3) is 0.286. The van der Waals surface area contributed by atoms with Crippen molar-refractivity contribution >= 4 is 34.0 Å². The molecule has 1 aliphatic heterocycles. The third-order valence-corrected chi connectivity index (χ3v) is 4.98. The largest absolute Gasteiger partial charge is 0.443 e. The van der Waals surface area contributed by atoms with Gasteiger partial charge in [-0.05, 0) is 0 Å². The Morgan fingerprint density at radius 3 is 1.76 bits per heavy atom. The van der Waals surface area contributed by atoms with Crippen molar-refractivity contribution in [2.45, 2.75) is 24.1 Å². The SMILES string of the molecule is N#Cc1cc([N+](=O)[O-])c(NC2=NC(C(F)(F)F)(C(F)(F)F)C(=C(F)C(F)(F)F)S2)c([N+](=O)[O-])c1. The molecule has 20 heteroatoms. The molecule has 0 unspecified atom stereocenters. The molecule has 2 rings (SSSR count). The van der Waals surface area contributed by atoms with Crippen molar-refractivity contribution in [3.8, 4) is 6.07 Å². The van der Waals surface area contributed by atoms with E-state index in [1.165, 1.54) is 11.4 Å². The molecule has 0 bridgehead atoms. The highest BCUT2D eigenvalue weighted by Gasteiger charge is 2.77. The van der Waals surface area contributed by atoms with Gasteiger partial charge in [-0.25, -0.2) is 9.38 Å². The van der Waals surface area contributed by atoms with E-state index < -0.39 is 84.2 Å². The Labute approximate surface area is 183 Å². The number of allylic oxidation sites excluding steroid dienone is 1. The van der Waals surface area contributed by atoms with E-state index in [0.29, 0.717) is 12.1 Å². The van der Waals surface area contributed by atoms with Crippen LogP contribution >= 0.6 is 11.8 Å². The number of rotatable bonds is 3. The molecular formula is C14H3F10N5O4S. The topological polar surface area (TPSA) is 134 Å². The molecule has 1 aromatic rings. The summed E-state index contributed by atoms with van der Waals surface area (Å²) in [5.74, 6) is -3.81. The predicted octanol–water partition coefficient (Wildman–Crippen LogP) is 5.50. The summed E-state index contributed by atoms with van der Waals surface area (Å²) in [6, 6.07) is 1.95. The van der Waals surface area contributed by atoms with Crippen LogP contribution in [0.25, 0.3) is 0 Å². The zero-order valence-electron chi connectivity index (χ0n) is 15.3. The standard InChI is InChI=1S/C14H3F10N5O4S/c15-8(12(16,17)18)9-11(13(19,20)21,14(22,23)24)27-10(34-9)26-7-5(28(30)31)1-4(3-25)2-6(7)29(32)33/h1-2H,(H,26,27). The van der Waals surface area contributed by atoms with Gasteiger partial charge in [0, 0.05) is 12.1 Å². The molecule has 1 N–H and O–H groups in total. The van der Waals surface area contributed by atoms with E-state index in [-0.39, 0.29) is 0 Å². The highest BCUT2D eigenvalue weighted by molar-refractivity contribution is 8.17. The molecule has 0 aromatic heterocycles. The van der Waals surface area contributed by atoms with Gasteiger partial charge in [-0.2, -0.15) is 44.8 Å². The van der Waals surface area contributed by atoms with Gasteiger partial charge < -0.3 is 5.32 Å². The third kappa shape index (κ3) is 4.42. The van der Waals surface area contributed by atoms with Crippen molar-refractivity contribution in [3.05, 3.63) is 48.7 Å². The molecular weight excluding hydrogens is 524 g/mol. The Bertz CT molecular complexity index is 1120. The Balaban J connectivity index is 2.87. The van der Waals surface area contributed by atoms with E-state index in [1.807, 2.05) is 0 Å². The molecule has 0 fully saturated rings. The lowest BCUT2D eigenvalue weighted by atomic mass is 9.97. The van der Waals surface area contributed by atoms with Crippen molar-refractivity contribution in [2.75, 3.05) is 5.32 Å². The van der Waals surface area contributed by atoms with Crippen molar-refractivity contribution in [2.24, 2.45) is 4.99 Å². The van der Waals surface area contributed by atoms with Gasteiger partial charge in [0.2, 0.25) is 5.83 Å². The fourth-order valence-electron chi connectivity index (χ4n) is 2.53. The first-order valence-corrected chi connectivity index (χ1v) is 8.62. The number of nitro groups is 2. The Hall–Kier alpha value is -3.63. The number of alkyl halides is 9. The van der Waals surface area contributed by atoms with Crippen LogP contribution in [-0.4, -0.2) is 39.1 Å². The normalized spacial score (nSPS) is 17.6. The monoisotopic (exact) mass is 527 g/mol. The number of amidine groups is 1. The highest BCUT2D eigenvalue weighted by Crippen LogP contribution is 2.60. The van der Waals surface area contributed by atoms with Gasteiger partial charge in [0.15, 0.2) is 10.9 Å². The Kier molecular flexibility index (Phi) is 6.50. The minimum Gasteiger partial charge on any atom is -0.323 e. The summed E-state index contributed by atoms with van der Waals surface area (Å²) < 4.78 is 133. The number of benzene rings is 1. The lowest BCUT2D eigenvalue weighted by Gasteiger charge is -2.31. The fourth-order valence-corrected chi connectivity index (χ4v) is 3.69. The van der Waals surface area contributed by atoms with Crippen molar-refractivity contribution in [3.63, 3.8) is 0 Å². The van der Waals surface area contributed by atoms with E-state index in [0.717, 1.165) is 0 Å². The number of nitro benzene ring substituents is 2. The maximum atomic E-state index is 13.8. The second-order valence-electron chi connectivity index (χ2n) is 6.01. The van der Waals surface area contributed by atoms with Crippen LogP contribution in [0.2, 0.25) is 0 Å². The van der Waals surface area contributed by atoms with E-state index >= 15 is 0 Å². The number of nitrogens with one attached hydrogen (secondary N) is 1. The van der Waals surface area contributed by atoms with Crippen LogP contribution in [0.1, 0.15) is 5.56 Å². The van der Waals surface area contributed by atoms with Gasteiger partial charge in [0.05, 0.1) is 26.4 Å². The number of anilines is 1. The quantitative estimate of drug-likeness (QED) is 0.312. The van der Waals surface area contributed by atoms with Gasteiger partial charge in [0.1, 0.15) is 0 Å². The Morgan fingerprint density at radius 2 is 1.44 bits per heavy atom. The Morgan fingerprint density at radius 1 is 1.00 bits per heavy atom. The van der Waals surface area contributed by atoms with E-state index in [9.17, 15) is 64.1 Å². The number of halogens is 10. The average Bonchev–Trinajstić information content (AvgIpc) is 3.06. The van der Waals surface area contributed by atoms with Crippen LogP contribution in [-0.2, 0) is 0 Å². The summed E-state index contributed by atoms with van der Waals surface area (Å²) in [6.45, 7) is 0. The lowest BCUT2D eigenvalue weighted by Crippen LogP contribution is -2.55. The minimum atomic E-state index is -6.71. The smallest absolute Gasteiger partial charge is 0.323 e. The van der Waals surface area contributed by atoms with Crippen LogP contribution in [0.3, 0.4) is 0 Å². The van der Waals surface area contributed by atoms with Crippen LogP contribution in [0, 0.1) is 31.6 Å². The first kappa shape index (κ1) is 26.6. The average molecular weight is 527 g/mol. The van der Waals surface area contributed by atoms with Gasteiger partial charge in [-0.1, -0.05) is 11.8 Å². The number of hydrogen-bond acceptors (Lipinski definition) is 8. The van der Waals surface area contributed by atoms with Crippen molar-refractivity contribution in [1.29, 1.82) is 5.26 Å². The van der Waals surface area contributed by atoms with Gasteiger partial charge in [-0.15, -0.1) is 0 Å². The van der Waals surface area contributed by atoms with Crippen molar-refractivity contribution in [1.82, 2.24) is 0 Å². The molecule has 1 aromatic carbocycles. The molecule has 1 aliphatic rings. The van der Waals surface area contributed by atoms with Gasteiger partial charge in [0.25, 0.3) is 5.54 Å². The van der Waals surface area contributed by atoms with Crippen LogP contribution in [0.4, 0.5) is 61.0 Å². The maximum absolute atomic E-state index is 13.8. The molecule has 0 saturated heterocycles. The molecule has 0 atom stereocenters. The van der Waals surface area contributed by atoms with E-state index in [2.05, 4.69) is 4.99 Å². The van der Waals surface area contributed by atoms with Crippen LogP contribution < -0.4 is 5.32 Å². The second kappa shape index (κ2) is 8.30. The van der Waals surface area contributed by atoms with Crippen molar-refractivity contribution < 1.29 is 53.8 Å². The highest BCUT2D eigenvalue weighted by atomic mass is 32.2. The molecule has 0 radical (unpaired) electrons. The first-order valence-electron chi connectivity index (χ1n) is 7.80. The van der Waals surface area contributed by atoms with Crippen LogP contribution in [0.15, 0.2) is 27.9 Å². The van der Waals surface area contributed by atoms with Gasteiger partial charge in [-0.3, -0.25) is 20.2 Å². The zero-order chi connectivity index (χ0) is 26.4. The maximum Gasteiger partial charge on any atom is 0.443 e. The summed E-state index contributed by atoms with van der Waals surface area (Å²) in [4.78, 5) is 18.7. The zero-order valence-corrected chi connectivity index (χ0v) is 16.1. The number of nitrogens with zero attached hydrogens (tertiary/aromatic N) is 4. The minimum absolute atomic E-state index is 0.337. The summed E-state index contributed by atoms with van der Waals surface area (Å²) in [5.41, 5.74) is -10.8. The van der Waals surface area contributed by atoms with Gasteiger partial charge >= 0.3 is 29.9 Å². The number of aliphatic imine (C=N–C) groups is 1. The van der Waals surface area contributed by atoms with E-state index in [4.69, 9.17) is 5.26 Å². The van der Waals surface area contributed by atoms with E-state index in [1.54, 1.807) is 0 Å². The summed E-state index contributed by atoms with van der Waals surface area (Å²) in [5, 5.41) is 30.7. The molecule has 34 heavy (non-hydrogen) atoms. The summed E-state index contributed by atoms with van der Waals surface area (Å²) >= 11 is -1.17. The van der Waals surface area contributed by atoms with Crippen LogP contribution in [0.5, 0.6) is 0 Å². The second-order valence-corrected chi connectivity index (χ2v) is 7.01. The molecule has 9 nitrogen and oxygen atoms in total. The summed E-state index contributed by atoms with van der Waals surface area (Å²) in [6.07, 6.45) is -19.7. The predicted molar refractivity (Wildman–Crippen MR) is 92.1 cm³/mol. The molecule has 1 heterocycles. The number of nitriles is 1. The molecule has 0 saturated carbocycles. The molecule has 0 aliphatic carbocycles. The molecule has 0 amide bonds. The lowest BCUT2D eigenvalue weighted by molar-refractivity contribution is -0.392. The number of thioether (sulfide) groups is 1. The summed E-state index contributed by atoms with van der Waals surface area (Å²) in [7, 11) is 0. The number of hydrogen-bond donors (Lipinski definition) is 1.